The van der Waals surface area contributed by atoms with E-state index in [4.69, 9.17) is 5.10 Å². The van der Waals surface area contributed by atoms with Gasteiger partial charge in [0.25, 0.3) is 0 Å². The highest BCUT2D eigenvalue weighted by Crippen LogP contribution is 2.33. The molecule has 0 fully saturated rings. The summed E-state index contributed by atoms with van der Waals surface area (Å²) in [5, 5.41) is 9.21. The van der Waals surface area contributed by atoms with Gasteiger partial charge >= 0.3 is 0 Å². The summed E-state index contributed by atoms with van der Waals surface area (Å²) in [6, 6.07) is 8.25. The molecule has 4 heterocycles. The van der Waals surface area contributed by atoms with Gasteiger partial charge in [0, 0.05) is 17.6 Å². The largest absolute Gasteiger partial charge is 0.359 e. The zero-order valence-corrected chi connectivity index (χ0v) is 16.4. The van der Waals surface area contributed by atoms with Gasteiger partial charge in [-0.15, -0.1) is 0 Å². The number of imidazole rings is 1. The van der Waals surface area contributed by atoms with Gasteiger partial charge in [-0.05, 0) is 30.2 Å². The third kappa shape index (κ3) is 3.04. The van der Waals surface area contributed by atoms with Gasteiger partial charge in [0.05, 0.1) is 35.5 Å². The first-order valence-corrected chi connectivity index (χ1v) is 9.61. The number of hydrogen-bond donors (Lipinski definition) is 2. The van der Waals surface area contributed by atoms with Crippen LogP contribution in [0.2, 0.25) is 0 Å². The Bertz CT molecular complexity index is 1330. The molecule has 2 N–H and O–H groups in total. The second-order valence-corrected chi connectivity index (χ2v) is 7.36. The van der Waals surface area contributed by atoms with Gasteiger partial charge in [0.15, 0.2) is 11.5 Å². The Morgan fingerprint density at radius 2 is 2.03 bits per heavy atom. The molecule has 5 rings (SSSR count). The maximum Gasteiger partial charge on any atom is 0.182 e. The van der Waals surface area contributed by atoms with Gasteiger partial charge in [-0.25, -0.2) is 24.0 Å². The molecule has 1 atom stereocenters. The standard InChI is InChI=1S/C21H19FN8/c1-12(2)17(28-21-19-20(25-10-24-19)26-11-27-21)18-15-6-5-13(22)8-16(15)30(29-18)14-4-3-7-23-9-14/h3-12,17H,1-2H3,(H2,24,25,26,27,28)/t17-/m0/s1. The van der Waals surface area contributed by atoms with Crippen molar-refractivity contribution in [3.8, 4) is 5.69 Å². The maximum atomic E-state index is 14.1. The summed E-state index contributed by atoms with van der Waals surface area (Å²) < 4.78 is 15.8. The monoisotopic (exact) mass is 402 g/mol. The van der Waals surface area contributed by atoms with E-state index in [9.17, 15) is 4.39 Å². The van der Waals surface area contributed by atoms with Crippen LogP contribution in [0.25, 0.3) is 27.8 Å². The predicted octanol–water partition coefficient (Wildman–Crippen LogP) is 4.04. The van der Waals surface area contributed by atoms with Crippen LogP contribution in [0.3, 0.4) is 0 Å². The number of aromatic nitrogens is 7. The van der Waals surface area contributed by atoms with Crippen LogP contribution >= 0.6 is 0 Å². The van der Waals surface area contributed by atoms with Crippen LogP contribution in [0.1, 0.15) is 25.6 Å². The molecule has 4 aromatic heterocycles. The smallest absolute Gasteiger partial charge is 0.182 e. The van der Waals surface area contributed by atoms with E-state index >= 15 is 0 Å². The van der Waals surface area contributed by atoms with Crippen LogP contribution < -0.4 is 5.32 Å². The fourth-order valence-electron chi connectivity index (χ4n) is 3.59. The number of aromatic amines is 1. The van der Waals surface area contributed by atoms with Gasteiger partial charge in [-0.1, -0.05) is 13.8 Å². The van der Waals surface area contributed by atoms with Crippen molar-refractivity contribution in [2.24, 2.45) is 5.92 Å². The molecule has 8 nitrogen and oxygen atoms in total. The Kier molecular flexibility index (Phi) is 4.35. The first-order valence-electron chi connectivity index (χ1n) is 9.61. The van der Waals surface area contributed by atoms with Crippen LogP contribution in [0.4, 0.5) is 10.2 Å². The van der Waals surface area contributed by atoms with Crippen molar-refractivity contribution in [2.45, 2.75) is 19.9 Å². The fraction of sp³-hybridized carbons (Fsp3) is 0.190. The molecular weight excluding hydrogens is 383 g/mol. The summed E-state index contributed by atoms with van der Waals surface area (Å²) in [7, 11) is 0. The molecule has 0 aliphatic heterocycles. The van der Waals surface area contributed by atoms with Crippen molar-refractivity contribution in [3.63, 3.8) is 0 Å². The van der Waals surface area contributed by atoms with Crippen molar-refractivity contribution in [3.05, 3.63) is 66.9 Å². The number of nitrogens with zero attached hydrogens (tertiary/aromatic N) is 6. The SMILES string of the molecule is CC(C)[C@H](Nc1ncnc2nc[nH]c12)c1nn(-c2cccnc2)c2cc(F)ccc12. The molecule has 9 heteroatoms. The summed E-state index contributed by atoms with van der Waals surface area (Å²) >= 11 is 0. The average Bonchev–Trinajstić information content (AvgIpc) is 3.37. The number of benzene rings is 1. The zero-order valence-electron chi connectivity index (χ0n) is 16.4. The zero-order chi connectivity index (χ0) is 20.7. The number of rotatable bonds is 5. The summed E-state index contributed by atoms with van der Waals surface area (Å²) in [4.78, 5) is 20.0. The van der Waals surface area contributed by atoms with E-state index < -0.39 is 0 Å². The number of halogens is 1. The van der Waals surface area contributed by atoms with Crippen LogP contribution in [-0.4, -0.2) is 34.7 Å². The van der Waals surface area contributed by atoms with E-state index in [1.54, 1.807) is 29.5 Å². The second-order valence-electron chi connectivity index (χ2n) is 7.36. The molecule has 1 aromatic carbocycles. The molecule has 0 bridgehead atoms. The van der Waals surface area contributed by atoms with Gasteiger partial charge in [-0.3, -0.25) is 4.98 Å². The maximum absolute atomic E-state index is 14.1. The van der Waals surface area contributed by atoms with Gasteiger partial charge in [-0.2, -0.15) is 5.10 Å². The Labute approximate surface area is 171 Å². The fourth-order valence-corrected chi connectivity index (χ4v) is 3.59. The first-order chi connectivity index (χ1) is 14.6. The minimum atomic E-state index is -0.317. The molecule has 0 radical (unpaired) electrons. The van der Waals surface area contributed by atoms with Crippen molar-refractivity contribution >= 4 is 27.9 Å². The normalized spacial score (nSPS) is 12.7. The lowest BCUT2D eigenvalue weighted by molar-refractivity contribution is 0.532. The Balaban J connectivity index is 1.67. The lowest BCUT2D eigenvalue weighted by Gasteiger charge is -2.21. The summed E-state index contributed by atoms with van der Waals surface area (Å²) in [5.41, 5.74) is 3.56. The van der Waals surface area contributed by atoms with Gasteiger partial charge < -0.3 is 10.3 Å². The van der Waals surface area contributed by atoms with E-state index in [2.05, 4.69) is 44.1 Å². The molecule has 30 heavy (non-hydrogen) atoms. The van der Waals surface area contributed by atoms with Crippen molar-refractivity contribution in [1.29, 1.82) is 0 Å². The molecule has 0 aliphatic carbocycles. The predicted molar refractivity (Wildman–Crippen MR) is 112 cm³/mol. The number of pyridine rings is 1. The average molecular weight is 402 g/mol. The van der Waals surface area contributed by atoms with E-state index in [0.717, 1.165) is 22.3 Å². The van der Waals surface area contributed by atoms with E-state index in [1.807, 2.05) is 12.1 Å². The Hall–Kier alpha value is -3.88. The number of fused-ring (bicyclic) bond motifs is 2. The number of hydrogen-bond acceptors (Lipinski definition) is 6. The molecule has 0 aliphatic rings. The molecule has 0 saturated carbocycles. The topological polar surface area (TPSA) is 97.2 Å². The lowest BCUT2D eigenvalue weighted by atomic mass is 9.98. The molecule has 150 valence electrons. The molecule has 5 aromatic rings. The molecule has 0 amide bonds. The van der Waals surface area contributed by atoms with Gasteiger partial charge in [0.2, 0.25) is 0 Å². The Morgan fingerprint density at radius 3 is 2.83 bits per heavy atom. The molecular formula is C21H19FN8. The second kappa shape index (κ2) is 7.18. The minimum absolute atomic E-state index is 0.170. The highest BCUT2D eigenvalue weighted by Gasteiger charge is 2.25. The van der Waals surface area contributed by atoms with E-state index in [1.165, 1.54) is 18.5 Å². The van der Waals surface area contributed by atoms with Crippen LogP contribution in [0, 0.1) is 11.7 Å². The number of H-pyrrole nitrogens is 1. The Morgan fingerprint density at radius 1 is 1.13 bits per heavy atom. The summed E-state index contributed by atoms with van der Waals surface area (Å²) in [6.07, 6.45) is 6.46. The summed E-state index contributed by atoms with van der Waals surface area (Å²) in [5.74, 6) is 0.494. The highest BCUT2D eigenvalue weighted by molar-refractivity contribution is 5.86. The molecule has 0 spiro atoms. The third-order valence-electron chi connectivity index (χ3n) is 5.04. The number of nitrogens with one attached hydrogen (secondary N) is 2. The quantitative estimate of drug-likeness (QED) is 0.461. The third-order valence-corrected chi connectivity index (χ3v) is 5.04. The van der Waals surface area contributed by atoms with Crippen molar-refractivity contribution in [1.82, 2.24) is 34.7 Å². The first kappa shape index (κ1) is 18.2. The van der Waals surface area contributed by atoms with E-state index in [0.29, 0.717) is 17.0 Å². The summed E-state index contributed by atoms with van der Waals surface area (Å²) in [6.45, 7) is 4.20. The van der Waals surface area contributed by atoms with Crippen LogP contribution in [-0.2, 0) is 0 Å². The lowest BCUT2D eigenvalue weighted by Crippen LogP contribution is -2.19. The minimum Gasteiger partial charge on any atom is -0.359 e. The number of anilines is 1. The molecule has 0 saturated heterocycles. The van der Waals surface area contributed by atoms with E-state index in [-0.39, 0.29) is 17.8 Å². The van der Waals surface area contributed by atoms with Crippen molar-refractivity contribution in [2.75, 3.05) is 5.32 Å². The van der Waals surface area contributed by atoms with Crippen LogP contribution in [0.15, 0.2) is 55.4 Å². The van der Waals surface area contributed by atoms with Crippen molar-refractivity contribution < 1.29 is 4.39 Å². The molecule has 0 unspecified atom stereocenters. The highest BCUT2D eigenvalue weighted by atomic mass is 19.1. The van der Waals surface area contributed by atoms with Crippen LogP contribution in [0.5, 0.6) is 0 Å². The van der Waals surface area contributed by atoms with Gasteiger partial charge in [0.1, 0.15) is 17.7 Å².